The lowest BCUT2D eigenvalue weighted by Crippen LogP contribution is -2.30. The highest BCUT2D eigenvalue weighted by Crippen LogP contribution is 2.23. The van der Waals surface area contributed by atoms with Crippen molar-refractivity contribution in [3.05, 3.63) is 23.3 Å². The third-order valence-corrected chi connectivity index (χ3v) is 3.65. The second kappa shape index (κ2) is 8.29. The summed E-state index contributed by atoms with van der Waals surface area (Å²) in [6.07, 6.45) is 5.30. The predicted octanol–water partition coefficient (Wildman–Crippen LogP) is 1.35. The second-order valence-electron chi connectivity index (χ2n) is 5.20. The van der Waals surface area contributed by atoms with E-state index in [1.807, 2.05) is 13.1 Å². The first kappa shape index (κ1) is 15.4. The van der Waals surface area contributed by atoms with Crippen LogP contribution < -0.4 is 5.32 Å². The van der Waals surface area contributed by atoms with E-state index < -0.39 is 0 Å². The molecule has 5 heteroatoms. The number of nitrogens with one attached hydrogen (secondary N) is 1. The molecule has 0 saturated heterocycles. The van der Waals surface area contributed by atoms with E-state index in [9.17, 15) is 0 Å². The Morgan fingerprint density at radius 3 is 3.15 bits per heavy atom. The van der Waals surface area contributed by atoms with E-state index >= 15 is 0 Å². The number of ether oxygens (including phenoxy) is 2. The van der Waals surface area contributed by atoms with Gasteiger partial charge in [-0.25, -0.2) is 9.97 Å². The molecule has 1 N–H and O–H groups in total. The number of hydrogen-bond donors (Lipinski definition) is 1. The van der Waals surface area contributed by atoms with Crippen LogP contribution in [0.25, 0.3) is 0 Å². The summed E-state index contributed by atoms with van der Waals surface area (Å²) in [5.41, 5.74) is 2.51. The molecule has 0 bridgehead atoms. The molecule has 1 aromatic rings. The Kier molecular flexibility index (Phi) is 6.36. The summed E-state index contributed by atoms with van der Waals surface area (Å²) < 4.78 is 10.4. The van der Waals surface area contributed by atoms with Crippen LogP contribution in [0.1, 0.15) is 30.4 Å². The molecule has 1 heterocycles. The standard InChI is InChI=1S/C15H25N3O2/c1-3-20-11-15-17-10-13-8-12(4-5-14(13)18-15)9-16-6-7-19-2/h10,12,16H,3-9,11H2,1-2H3. The van der Waals surface area contributed by atoms with Crippen LogP contribution in [-0.2, 0) is 28.9 Å². The van der Waals surface area contributed by atoms with Crippen molar-refractivity contribution < 1.29 is 9.47 Å². The minimum Gasteiger partial charge on any atom is -0.383 e. The molecule has 20 heavy (non-hydrogen) atoms. The Bertz CT molecular complexity index is 412. The first-order valence-corrected chi connectivity index (χ1v) is 7.44. The van der Waals surface area contributed by atoms with Crippen LogP contribution in [-0.4, -0.2) is 43.4 Å². The summed E-state index contributed by atoms with van der Waals surface area (Å²) in [5.74, 6) is 1.49. The molecule has 0 spiro atoms. The van der Waals surface area contributed by atoms with E-state index in [0.717, 1.165) is 38.4 Å². The van der Waals surface area contributed by atoms with Crippen molar-refractivity contribution >= 4 is 0 Å². The summed E-state index contributed by atoms with van der Waals surface area (Å²) in [5, 5.41) is 3.44. The van der Waals surface area contributed by atoms with Gasteiger partial charge in [-0.15, -0.1) is 0 Å². The zero-order valence-electron chi connectivity index (χ0n) is 12.5. The molecule has 1 atom stereocenters. The van der Waals surface area contributed by atoms with E-state index in [0.29, 0.717) is 19.1 Å². The molecular weight excluding hydrogens is 254 g/mol. The number of fused-ring (bicyclic) bond motifs is 1. The molecule has 112 valence electrons. The van der Waals surface area contributed by atoms with Crippen molar-refractivity contribution in [3.8, 4) is 0 Å². The van der Waals surface area contributed by atoms with Crippen molar-refractivity contribution in [2.24, 2.45) is 5.92 Å². The predicted molar refractivity (Wildman–Crippen MR) is 77.6 cm³/mol. The SMILES string of the molecule is CCOCc1ncc2c(n1)CCC(CNCCOC)C2. The van der Waals surface area contributed by atoms with Crippen molar-refractivity contribution in [1.82, 2.24) is 15.3 Å². The minimum absolute atomic E-state index is 0.520. The molecule has 0 radical (unpaired) electrons. The Morgan fingerprint density at radius 2 is 2.35 bits per heavy atom. The molecule has 1 unspecified atom stereocenters. The number of nitrogens with zero attached hydrogens (tertiary/aromatic N) is 2. The lowest BCUT2D eigenvalue weighted by atomic mass is 9.87. The Labute approximate surface area is 121 Å². The van der Waals surface area contributed by atoms with Crippen molar-refractivity contribution in [2.75, 3.05) is 33.4 Å². The van der Waals surface area contributed by atoms with E-state index in [2.05, 4.69) is 15.3 Å². The number of aromatic nitrogens is 2. The lowest BCUT2D eigenvalue weighted by molar-refractivity contribution is 0.128. The van der Waals surface area contributed by atoms with Gasteiger partial charge in [-0.3, -0.25) is 0 Å². The second-order valence-corrected chi connectivity index (χ2v) is 5.20. The van der Waals surface area contributed by atoms with E-state index in [1.165, 1.54) is 17.7 Å². The highest BCUT2D eigenvalue weighted by atomic mass is 16.5. The fourth-order valence-corrected chi connectivity index (χ4v) is 2.54. The zero-order valence-corrected chi connectivity index (χ0v) is 12.5. The monoisotopic (exact) mass is 279 g/mol. The summed E-state index contributed by atoms with van der Waals surface area (Å²) >= 11 is 0. The Hall–Kier alpha value is -1.04. The van der Waals surface area contributed by atoms with Crippen LogP contribution in [0.5, 0.6) is 0 Å². The molecule has 0 aliphatic heterocycles. The maximum Gasteiger partial charge on any atom is 0.154 e. The van der Waals surface area contributed by atoms with Crippen LogP contribution in [0.3, 0.4) is 0 Å². The van der Waals surface area contributed by atoms with Gasteiger partial charge >= 0.3 is 0 Å². The fraction of sp³-hybridized carbons (Fsp3) is 0.733. The third kappa shape index (κ3) is 4.51. The maximum absolute atomic E-state index is 5.36. The minimum atomic E-state index is 0.520. The molecule has 2 rings (SSSR count). The van der Waals surface area contributed by atoms with Crippen LogP contribution in [0.4, 0.5) is 0 Å². The van der Waals surface area contributed by atoms with E-state index in [4.69, 9.17) is 9.47 Å². The first-order valence-electron chi connectivity index (χ1n) is 7.44. The average Bonchev–Trinajstić information content (AvgIpc) is 2.49. The highest BCUT2D eigenvalue weighted by molar-refractivity contribution is 5.21. The Morgan fingerprint density at radius 1 is 1.45 bits per heavy atom. The molecule has 0 fully saturated rings. The van der Waals surface area contributed by atoms with Gasteiger partial charge in [0, 0.05) is 32.2 Å². The molecule has 5 nitrogen and oxygen atoms in total. The molecule has 1 aliphatic carbocycles. The van der Waals surface area contributed by atoms with Gasteiger partial charge in [0.15, 0.2) is 5.82 Å². The van der Waals surface area contributed by atoms with Gasteiger partial charge in [-0.2, -0.15) is 0 Å². The van der Waals surface area contributed by atoms with Gasteiger partial charge in [-0.1, -0.05) is 0 Å². The van der Waals surface area contributed by atoms with Crippen LogP contribution in [0, 0.1) is 5.92 Å². The highest BCUT2D eigenvalue weighted by Gasteiger charge is 2.20. The van der Waals surface area contributed by atoms with Crippen LogP contribution in [0.2, 0.25) is 0 Å². The fourth-order valence-electron chi connectivity index (χ4n) is 2.54. The van der Waals surface area contributed by atoms with E-state index in [1.54, 1.807) is 7.11 Å². The van der Waals surface area contributed by atoms with Gasteiger partial charge in [0.1, 0.15) is 6.61 Å². The average molecular weight is 279 g/mol. The van der Waals surface area contributed by atoms with Crippen LogP contribution >= 0.6 is 0 Å². The molecule has 1 aromatic heterocycles. The largest absolute Gasteiger partial charge is 0.383 e. The molecule has 0 aromatic carbocycles. The van der Waals surface area contributed by atoms with Gasteiger partial charge in [0.25, 0.3) is 0 Å². The quantitative estimate of drug-likeness (QED) is 0.728. The van der Waals surface area contributed by atoms with Crippen molar-refractivity contribution in [1.29, 1.82) is 0 Å². The molecule has 1 aliphatic rings. The summed E-state index contributed by atoms with van der Waals surface area (Å²) in [4.78, 5) is 9.02. The van der Waals surface area contributed by atoms with Crippen molar-refractivity contribution in [2.45, 2.75) is 32.8 Å². The topological polar surface area (TPSA) is 56.3 Å². The summed E-state index contributed by atoms with van der Waals surface area (Å²) in [7, 11) is 1.73. The van der Waals surface area contributed by atoms with E-state index in [-0.39, 0.29) is 0 Å². The lowest BCUT2D eigenvalue weighted by Gasteiger charge is -2.24. The number of rotatable bonds is 8. The number of aryl methyl sites for hydroxylation is 1. The normalized spacial score (nSPS) is 18.0. The van der Waals surface area contributed by atoms with Gasteiger partial charge < -0.3 is 14.8 Å². The maximum atomic E-state index is 5.36. The molecular formula is C15H25N3O2. The number of hydrogen-bond acceptors (Lipinski definition) is 5. The van der Waals surface area contributed by atoms with Gasteiger partial charge in [0.05, 0.1) is 6.61 Å². The summed E-state index contributed by atoms with van der Waals surface area (Å²) in [6.45, 7) is 5.95. The zero-order chi connectivity index (χ0) is 14.2. The first-order chi connectivity index (χ1) is 9.83. The van der Waals surface area contributed by atoms with Crippen molar-refractivity contribution in [3.63, 3.8) is 0 Å². The smallest absolute Gasteiger partial charge is 0.154 e. The molecule has 0 saturated carbocycles. The number of methoxy groups -OCH3 is 1. The van der Waals surface area contributed by atoms with Gasteiger partial charge in [-0.05, 0) is 44.2 Å². The van der Waals surface area contributed by atoms with Crippen LogP contribution in [0.15, 0.2) is 6.20 Å². The Balaban J connectivity index is 1.84. The summed E-state index contributed by atoms with van der Waals surface area (Å²) in [6, 6.07) is 0. The van der Waals surface area contributed by atoms with Gasteiger partial charge in [0.2, 0.25) is 0 Å². The third-order valence-electron chi connectivity index (χ3n) is 3.65. The molecule has 0 amide bonds.